The van der Waals surface area contributed by atoms with Crippen LogP contribution in [0.5, 0.6) is 5.88 Å². The molecule has 0 aliphatic heterocycles. The Balaban J connectivity index is 2.37. The molecule has 0 fully saturated rings. The summed E-state index contributed by atoms with van der Waals surface area (Å²) in [4.78, 5) is 4.14. The fourth-order valence-corrected chi connectivity index (χ4v) is 1.23. The molecule has 4 heteroatoms. The summed E-state index contributed by atoms with van der Waals surface area (Å²) in [6.45, 7) is 6.87. The number of hydrogen-bond acceptors (Lipinski definition) is 4. The summed E-state index contributed by atoms with van der Waals surface area (Å²) in [7, 11) is 0. The first-order chi connectivity index (χ1) is 7.51. The fourth-order valence-electron chi connectivity index (χ4n) is 1.23. The first-order valence-corrected chi connectivity index (χ1v) is 5.56. The van der Waals surface area contributed by atoms with Crippen molar-refractivity contribution in [3.63, 3.8) is 0 Å². The van der Waals surface area contributed by atoms with Crippen molar-refractivity contribution >= 4 is 5.69 Å². The maximum atomic E-state index is 9.53. The second-order valence-electron chi connectivity index (χ2n) is 4.31. The van der Waals surface area contributed by atoms with E-state index in [1.54, 1.807) is 20.0 Å². The summed E-state index contributed by atoms with van der Waals surface area (Å²) < 4.78 is 5.24. The lowest BCUT2D eigenvalue weighted by Crippen LogP contribution is -2.22. The van der Waals surface area contributed by atoms with Gasteiger partial charge in [-0.05, 0) is 33.3 Å². The van der Waals surface area contributed by atoms with E-state index < -0.39 is 5.60 Å². The molecule has 0 unspecified atom stereocenters. The number of anilines is 1. The molecule has 0 atom stereocenters. The van der Waals surface area contributed by atoms with Gasteiger partial charge in [-0.1, -0.05) is 0 Å². The minimum Gasteiger partial charge on any atom is -0.478 e. The molecule has 0 amide bonds. The second-order valence-corrected chi connectivity index (χ2v) is 4.31. The van der Waals surface area contributed by atoms with Crippen LogP contribution < -0.4 is 10.1 Å². The summed E-state index contributed by atoms with van der Waals surface area (Å²) in [6, 6.07) is 3.75. The van der Waals surface area contributed by atoms with E-state index in [1.807, 2.05) is 19.1 Å². The molecule has 1 rings (SSSR count). The van der Waals surface area contributed by atoms with Gasteiger partial charge in [0.15, 0.2) is 0 Å². The quantitative estimate of drug-likeness (QED) is 0.776. The molecule has 2 N–H and O–H groups in total. The Hall–Kier alpha value is -1.29. The summed E-state index contributed by atoms with van der Waals surface area (Å²) in [5.41, 5.74) is 0.304. The molecule has 1 heterocycles. The van der Waals surface area contributed by atoms with Gasteiger partial charge in [-0.3, -0.25) is 0 Å². The number of hydrogen-bond donors (Lipinski definition) is 2. The standard InChI is InChI=1S/C12H20N2O2/c1-4-16-11-6-5-10(9-14-11)13-8-7-12(2,3)15/h5-6,9,13,15H,4,7-8H2,1-3H3. The van der Waals surface area contributed by atoms with Gasteiger partial charge in [0, 0.05) is 12.6 Å². The van der Waals surface area contributed by atoms with Gasteiger partial charge >= 0.3 is 0 Å². The van der Waals surface area contributed by atoms with E-state index in [0.717, 1.165) is 12.2 Å². The third-order valence-electron chi connectivity index (χ3n) is 2.09. The average Bonchev–Trinajstić information content (AvgIpc) is 2.19. The van der Waals surface area contributed by atoms with E-state index in [0.29, 0.717) is 18.9 Å². The van der Waals surface area contributed by atoms with Gasteiger partial charge in [-0.25, -0.2) is 4.98 Å². The van der Waals surface area contributed by atoms with Crippen LogP contribution in [0.3, 0.4) is 0 Å². The van der Waals surface area contributed by atoms with Crippen molar-refractivity contribution in [2.75, 3.05) is 18.5 Å². The average molecular weight is 224 g/mol. The molecule has 0 spiro atoms. The van der Waals surface area contributed by atoms with Crippen molar-refractivity contribution in [1.29, 1.82) is 0 Å². The van der Waals surface area contributed by atoms with E-state index in [-0.39, 0.29) is 0 Å². The molecule has 0 bridgehead atoms. The maximum Gasteiger partial charge on any atom is 0.213 e. The summed E-state index contributed by atoms with van der Waals surface area (Å²) in [5.74, 6) is 0.635. The smallest absolute Gasteiger partial charge is 0.213 e. The molecule has 0 aromatic carbocycles. The molecular weight excluding hydrogens is 204 g/mol. The van der Waals surface area contributed by atoms with Crippen molar-refractivity contribution < 1.29 is 9.84 Å². The Labute approximate surface area is 96.7 Å². The van der Waals surface area contributed by atoms with Crippen molar-refractivity contribution in [2.45, 2.75) is 32.8 Å². The Morgan fingerprint density at radius 2 is 2.19 bits per heavy atom. The maximum absolute atomic E-state index is 9.53. The van der Waals surface area contributed by atoms with E-state index in [4.69, 9.17) is 4.74 Å². The lowest BCUT2D eigenvalue weighted by atomic mass is 10.1. The lowest BCUT2D eigenvalue weighted by molar-refractivity contribution is 0.0749. The predicted molar refractivity (Wildman–Crippen MR) is 64.8 cm³/mol. The third kappa shape index (κ3) is 4.98. The van der Waals surface area contributed by atoms with Crippen LogP contribution in [0.4, 0.5) is 5.69 Å². The highest BCUT2D eigenvalue weighted by molar-refractivity contribution is 5.41. The van der Waals surface area contributed by atoms with Crippen LogP contribution in [0.2, 0.25) is 0 Å². The summed E-state index contributed by atoms with van der Waals surface area (Å²) in [5, 5.41) is 12.7. The number of nitrogens with zero attached hydrogens (tertiary/aromatic N) is 1. The number of aromatic nitrogens is 1. The van der Waals surface area contributed by atoms with Crippen molar-refractivity contribution in [1.82, 2.24) is 4.98 Å². The highest BCUT2D eigenvalue weighted by Crippen LogP contribution is 2.13. The molecule has 0 aliphatic rings. The Morgan fingerprint density at radius 1 is 1.44 bits per heavy atom. The van der Waals surface area contributed by atoms with Gasteiger partial charge < -0.3 is 15.2 Å². The van der Waals surface area contributed by atoms with Crippen LogP contribution in [-0.2, 0) is 0 Å². The fraction of sp³-hybridized carbons (Fsp3) is 0.583. The molecule has 1 aromatic rings. The van der Waals surface area contributed by atoms with Gasteiger partial charge in [0.05, 0.1) is 24.1 Å². The molecule has 4 nitrogen and oxygen atoms in total. The van der Waals surface area contributed by atoms with E-state index in [1.165, 1.54) is 0 Å². The molecule has 0 aliphatic carbocycles. The topological polar surface area (TPSA) is 54.4 Å². The van der Waals surface area contributed by atoms with Gasteiger partial charge in [0.2, 0.25) is 5.88 Å². The van der Waals surface area contributed by atoms with Gasteiger partial charge in [0.25, 0.3) is 0 Å². The minimum atomic E-state index is -0.633. The number of nitrogens with one attached hydrogen (secondary N) is 1. The second kappa shape index (κ2) is 5.70. The summed E-state index contributed by atoms with van der Waals surface area (Å²) >= 11 is 0. The van der Waals surface area contributed by atoms with Crippen LogP contribution in [0.25, 0.3) is 0 Å². The molecule has 1 aromatic heterocycles. The highest BCUT2D eigenvalue weighted by Gasteiger charge is 2.11. The zero-order chi connectivity index (χ0) is 12.0. The van der Waals surface area contributed by atoms with Crippen LogP contribution in [0.15, 0.2) is 18.3 Å². The lowest BCUT2D eigenvalue weighted by Gasteiger charge is -2.17. The molecule has 0 saturated heterocycles. The van der Waals surface area contributed by atoms with Crippen molar-refractivity contribution in [3.05, 3.63) is 18.3 Å². The predicted octanol–water partition coefficient (Wildman–Crippen LogP) is 2.05. The zero-order valence-corrected chi connectivity index (χ0v) is 10.2. The van der Waals surface area contributed by atoms with Crippen LogP contribution in [-0.4, -0.2) is 28.8 Å². The number of rotatable bonds is 6. The molecule has 16 heavy (non-hydrogen) atoms. The summed E-state index contributed by atoms with van der Waals surface area (Å²) in [6.07, 6.45) is 2.43. The first-order valence-electron chi connectivity index (χ1n) is 5.56. The van der Waals surface area contributed by atoms with Gasteiger partial charge in [-0.2, -0.15) is 0 Å². The number of pyridine rings is 1. The van der Waals surface area contributed by atoms with Crippen LogP contribution in [0.1, 0.15) is 27.2 Å². The third-order valence-corrected chi connectivity index (χ3v) is 2.09. The zero-order valence-electron chi connectivity index (χ0n) is 10.2. The molecular formula is C12H20N2O2. The Bertz CT molecular complexity index is 304. The van der Waals surface area contributed by atoms with E-state index in [9.17, 15) is 5.11 Å². The first kappa shape index (κ1) is 12.8. The number of aliphatic hydroxyl groups is 1. The molecule has 90 valence electrons. The normalized spacial score (nSPS) is 11.2. The van der Waals surface area contributed by atoms with Crippen molar-refractivity contribution in [2.24, 2.45) is 0 Å². The van der Waals surface area contributed by atoms with Crippen molar-refractivity contribution in [3.8, 4) is 5.88 Å². The minimum absolute atomic E-state index is 0.623. The van der Waals surface area contributed by atoms with E-state index >= 15 is 0 Å². The Kier molecular flexibility index (Phi) is 4.55. The monoisotopic (exact) mass is 224 g/mol. The van der Waals surface area contributed by atoms with Crippen LogP contribution >= 0.6 is 0 Å². The SMILES string of the molecule is CCOc1ccc(NCCC(C)(C)O)cn1. The number of ether oxygens (including phenoxy) is 1. The molecule has 0 saturated carbocycles. The van der Waals surface area contributed by atoms with Gasteiger partial charge in [0.1, 0.15) is 0 Å². The van der Waals surface area contributed by atoms with Gasteiger partial charge in [-0.15, -0.1) is 0 Å². The Morgan fingerprint density at radius 3 is 2.69 bits per heavy atom. The molecule has 0 radical (unpaired) electrons. The highest BCUT2D eigenvalue weighted by atomic mass is 16.5. The van der Waals surface area contributed by atoms with Crippen LogP contribution in [0, 0.1) is 0 Å². The van der Waals surface area contributed by atoms with E-state index in [2.05, 4.69) is 10.3 Å². The largest absolute Gasteiger partial charge is 0.478 e.